The Hall–Kier alpha value is -3.48. The minimum atomic E-state index is -0.408. The van der Waals surface area contributed by atoms with E-state index in [2.05, 4.69) is 5.10 Å². The minimum absolute atomic E-state index is 0.172. The van der Waals surface area contributed by atoms with Crippen molar-refractivity contribution >= 4 is 11.0 Å². The number of halogens is 1. The topological polar surface area (TPSA) is 61.8 Å². The van der Waals surface area contributed by atoms with Gasteiger partial charge in [0.1, 0.15) is 5.82 Å². The van der Waals surface area contributed by atoms with Crippen molar-refractivity contribution in [3.05, 3.63) is 98.1 Å². The summed E-state index contributed by atoms with van der Waals surface area (Å²) in [5, 5.41) is 4.46. The van der Waals surface area contributed by atoms with E-state index in [1.54, 1.807) is 28.3 Å². The van der Waals surface area contributed by atoms with Crippen LogP contribution >= 0.6 is 0 Å². The van der Waals surface area contributed by atoms with Gasteiger partial charge in [0.25, 0.3) is 5.56 Å². The summed E-state index contributed by atoms with van der Waals surface area (Å²) in [5.41, 5.74) is 2.41. The molecule has 0 aliphatic rings. The third-order valence-corrected chi connectivity index (χ3v) is 5.01. The largest absolute Gasteiger partial charge is 0.332 e. The first-order valence-electron chi connectivity index (χ1n) is 9.48. The van der Waals surface area contributed by atoms with E-state index in [9.17, 15) is 14.0 Å². The second-order valence-electron chi connectivity index (χ2n) is 6.97. The number of aromatic nitrogens is 4. The number of fused-ring (bicyclic) bond motifs is 1. The van der Waals surface area contributed by atoms with Gasteiger partial charge in [-0.3, -0.25) is 18.6 Å². The maximum Gasteiger partial charge on any atom is 0.332 e. The van der Waals surface area contributed by atoms with E-state index in [4.69, 9.17) is 0 Å². The number of benzene rings is 2. The molecule has 0 N–H and O–H groups in total. The van der Waals surface area contributed by atoms with Crippen molar-refractivity contribution in [1.29, 1.82) is 0 Å². The summed E-state index contributed by atoms with van der Waals surface area (Å²) in [5.74, 6) is -0.338. The van der Waals surface area contributed by atoms with Gasteiger partial charge in [0.2, 0.25) is 0 Å². The van der Waals surface area contributed by atoms with Crippen molar-refractivity contribution < 1.29 is 4.39 Å². The van der Waals surface area contributed by atoms with Gasteiger partial charge in [0.15, 0.2) is 5.52 Å². The van der Waals surface area contributed by atoms with Crippen LogP contribution in [-0.4, -0.2) is 18.9 Å². The van der Waals surface area contributed by atoms with Crippen LogP contribution in [0.15, 0.2) is 64.2 Å². The standard InChI is InChI=1S/C22H21FN4O2/c1-3-27-20-19(15(2)24-27)25(13-17-9-11-18(23)12-10-17)22(29)26(21(20)28)14-16-7-5-4-6-8-16/h4-12H,3,13-14H2,1-2H3. The number of hydrogen-bond acceptors (Lipinski definition) is 3. The fourth-order valence-electron chi connectivity index (χ4n) is 3.62. The highest BCUT2D eigenvalue weighted by Gasteiger charge is 2.20. The molecule has 0 atom stereocenters. The molecule has 148 valence electrons. The van der Waals surface area contributed by atoms with Gasteiger partial charge >= 0.3 is 5.69 Å². The van der Waals surface area contributed by atoms with E-state index in [1.165, 1.54) is 16.7 Å². The Bertz CT molecular complexity index is 1290. The lowest BCUT2D eigenvalue weighted by molar-refractivity contribution is 0.617. The molecule has 0 unspecified atom stereocenters. The van der Waals surface area contributed by atoms with Crippen LogP contribution in [0.5, 0.6) is 0 Å². The predicted octanol–water partition coefficient (Wildman–Crippen LogP) is 2.92. The van der Waals surface area contributed by atoms with Gasteiger partial charge in [-0.2, -0.15) is 5.10 Å². The summed E-state index contributed by atoms with van der Waals surface area (Å²) in [6.07, 6.45) is 0. The molecule has 2 heterocycles. The van der Waals surface area contributed by atoms with Gasteiger partial charge < -0.3 is 0 Å². The van der Waals surface area contributed by atoms with Crippen molar-refractivity contribution in [2.24, 2.45) is 0 Å². The monoisotopic (exact) mass is 392 g/mol. The molecule has 4 aromatic rings. The van der Waals surface area contributed by atoms with Crippen molar-refractivity contribution in [2.45, 2.75) is 33.5 Å². The minimum Gasteiger partial charge on any atom is -0.285 e. The molecule has 2 aromatic carbocycles. The van der Waals surface area contributed by atoms with Crippen molar-refractivity contribution in [2.75, 3.05) is 0 Å². The molecule has 0 aliphatic heterocycles. The SMILES string of the molecule is CCn1nc(C)c2c1c(=O)n(Cc1ccccc1)c(=O)n2Cc1ccc(F)cc1. The van der Waals surface area contributed by atoms with Crippen molar-refractivity contribution in [3.63, 3.8) is 0 Å². The van der Waals surface area contributed by atoms with Crippen molar-refractivity contribution in [1.82, 2.24) is 18.9 Å². The lowest BCUT2D eigenvalue weighted by atomic mass is 10.2. The van der Waals surface area contributed by atoms with Crippen LogP contribution in [0.25, 0.3) is 11.0 Å². The van der Waals surface area contributed by atoms with Crippen LogP contribution in [0, 0.1) is 12.7 Å². The van der Waals surface area contributed by atoms with Crippen LogP contribution in [0.4, 0.5) is 4.39 Å². The molecule has 0 radical (unpaired) electrons. The zero-order valence-electron chi connectivity index (χ0n) is 16.3. The summed E-state index contributed by atoms with van der Waals surface area (Å²) in [4.78, 5) is 26.6. The molecule has 0 bridgehead atoms. The van der Waals surface area contributed by atoms with E-state index in [0.29, 0.717) is 23.3 Å². The van der Waals surface area contributed by atoms with E-state index in [-0.39, 0.29) is 24.5 Å². The van der Waals surface area contributed by atoms with E-state index < -0.39 is 5.69 Å². The molecule has 0 amide bonds. The first-order valence-corrected chi connectivity index (χ1v) is 9.48. The fraction of sp³-hybridized carbons (Fsp3) is 0.227. The second-order valence-corrected chi connectivity index (χ2v) is 6.97. The third-order valence-electron chi connectivity index (χ3n) is 5.01. The molecule has 0 saturated heterocycles. The Kier molecular flexibility index (Phi) is 4.88. The van der Waals surface area contributed by atoms with Gasteiger partial charge in [-0.1, -0.05) is 42.5 Å². The van der Waals surface area contributed by atoms with Gasteiger partial charge in [0.05, 0.1) is 24.3 Å². The zero-order chi connectivity index (χ0) is 20.5. The van der Waals surface area contributed by atoms with E-state index in [0.717, 1.165) is 11.1 Å². The zero-order valence-corrected chi connectivity index (χ0v) is 16.3. The molecule has 4 rings (SSSR count). The Labute approximate surface area is 166 Å². The molecule has 2 aromatic heterocycles. The summed E-state index contributed by atoms with van der Waals surface area (Å²) in [6, 6.07) is 15.4. The molecule has 6 nitrogen and oxygen atoms in total. The van der Waals surface area contributed by atoms with Gasteiger partial charge in [-0.25, -0.2) is 9.18 Å². The Morgan fingerprint density at radius 1 is 0.862 bits per heavy atom. The lowest BCUT2D eigenvalue weighted by Gasteiger charge is -2.13. The van der Waals surface area contributed by atoms with Crippen LogP contribution in [0.3, 0.4) is 0 Å². The highest BCUT2D eigenvalue weighted by atomic mass is 19.1. The molecule has 0 fully saturated rings. The normalized spacial score (nSPS) is 11.3. The Morgan fingerprint density at radius 2 is 1.48 bits per heavy atom. The predicted molar refractivity (Wildman–Crippen MR) is 110 cm³/mol. The maximum absolute atomic E-state index is 13.3. The second kappa shape index (κ2) is 7.50. The van der Waals surface area contributed by atoms with E-state index in [1.807, 2.05) is 37.3 Å². The van der Waals surface area contributed by atoms with Gasteiger partial charge in [-0.15, -0.1) is 0 Å². The summed E-state index contributed by atoms with van der Waals surface area (Å²) in [6.45, 7) is 4.60. The number of nitrogens with zero attached hydrogens (tertiary/aromatic N) is 4. The first kappa shape index (κ1) is 18.9. The number of hydrogen-bond donors (Lipinski definition) is 0. The molecule has 0 saturated carbocycles. The third kappa shape index (κ3) is 3.40. The number of aryl methyl sites for hydroxylation is 2. The van der Waals surface area contributed by atoms with Crippen LogP contribution < -0.4 is 11.2 Å². The molecular formula is C22H21FN4O2. The Morgan fingerprint density at radius 3 is 2.14 bits per heavy atom. The first-order chi connectivity index (χ1) is 14.0. The van der Waals surface area contributed by atoms with Crippen LogP contribution in [-0.2, 0) is 19.6 Å². The number of rotatable bonds is 5. The highest BCUT2D eigenvalue weighted by Crippen LogP contribution is 2.16. The quantitative estimate of drug-likeness (QED) is 0.525. The highest BCUT2D eigenvalue weighted by molar-refractivity contribution is 5.77. The Balaban J connectivity index is 1.97. The smallest absolute Gasteiger partial charge is 0.285 e. The van der Waals surface area contributed by atoms with Crippen molar-refractivity contribution in [3.8, 4) is 0 Å². The molecule has 0 aliphatic carbocycles. The average Bonchev–Trinajstić information content (AvgIpc) is 3.07. The molecule has 29 heavy (non-hydrogen) atoms. The molecular weight excluding hydrogens is 371 g/mol. The van der Waals surface area contributed by atoms with Gasteiger partial charge in [-0.05, 0) is 37.1 Å². The van der Waals surface area contributed by atoms with Crippen LogP contribution in [0.2, 0.25) is 0 Å². The summed E-state index contributed by atoms with van der Waals surface area (Å²) in [7, 11) is 0. The fourth-order valence-corrected chi connectivity index (χ4v) is 3.62. The molecule has 7 heteroatoms. The maximum atomic E-state index is 13.3. The lowest BCUT2D eigenvalue weighted by Crippen LogP contribution is -2.41. The molecule has 0 spiro atoms. The van der Waals surface area contributed by atoms with Gasteiger partial charge in [0, 0.05) is 6.54 Å². The average molecular weight is 392 g/mol. The summed E-state index contributed by atoms with van der Waals surface area (Å²) < 4.78 is 17.7. The van der Waals surface area contributed by atoms with Crippen LogP contribution in [0.1, 0.15) is 23.7 Å². The summed E-state index contributed by atoms with van der Waals surface area (Å²) >= 11 is 0. The van der Waals surface area contributed by atoms with E-state index >= 15 is 0 Å².